The van der Waals surface area contributed by atoms with Gasteiger partial charge < -0.3 is 10.1 Å². The molecule has 4 nitrogen and oxygen atoms in total. The summed E-state index contributed by atoms with van der Waals surface area (Å²) in [5.41, 5.74) is 1.52. The fourth-order valence-corrected chi connectivity index (χ4v) is 4.25. The number of hydrogen-bond acceptors (Lipinski definition) is 2. The van der Waals surface area contributed by atoms with Gasteiger partial charge in [0.25, 0.3) is 5.91 Å². The topological polar surface area (TPSA) is 42.2 Å². The summed E-state index contributed by atoms with van der Waals surface area (Å²) < 4.78 is 7.93. The van der Waals surface area contributed by atoms with E-state index in [0.717, 1.165) is 24.3 Å². The molecule has 188 valence electrons. The number of aromatic nitrogens is 1. The first-order chi connectivity index (χ1) is 16.6. The van der Waals surface area contributed by atoms with Gasteiger partial charge in [0, 0.05) is 18.7 Å². The molecule has 0 fully saturated rings. The van der Waals surface area contributed by atoms with Crippen LogP contribution in [0.5, 0.6) is 5.75 Å². The second-order valence-corrected chi connectivity index (χ2v) is 9.51. The summed E-state index contributed by atoms with van der Waals surface area (Å²) >= 11 is 6.36. The number of nitrogens with zero attached hydrogens (tertiary/aromatic N) is 1. The van der Waals surface area contributed by atoms with E-state index < -0.39 is 0 Å². The number of carbonyl (C=O) groups excluding carboxylic acids is 1. The number of amides is 1. The number of ether oxygens (including phenoxy) is 1. The number of benzene rings is 1. The fraction of sp³-hybridized carbons (Fsp3) is 0.586. The minimum Gasteiger partial charge on any atom is -0.494 e. The second kappa shape index (κ2) is 17.4. The Labute approximate surface area is 212 Å². The van der Waals surface area contributed by atoms with Crippen molar-refractivity contribution in [1.29, 1.82) is 0 Å². The zero-order chi connectivity index (χ0) is 24.4. The molecule has 0 radical (unpaired) electrons. The minimum atomic E-state index is -0.176. The van der Waals surface area contributed by atoms with Crippen molar-refractivity contribution < 1.29 is 14.1 Å². The molecule has 2 rings (SSSR count). The molecule has 1 aromatic heterocycles. The molecule has 2 aromatic rings. The highest BCUT2D eigenvalue weighted by Crippen LogP contribution is 2.23. The normalized spacial score (nSPS) is 10.9. The average Bonchev–Trinajstić information content (AvgIpc) is 2.85. The Morgan fingerprint density at radius 3 is 2.00 bits per heavy atom. The van der Waals surface area contributed by atoms with Gasteiger partial charge in [-0.1, -0.05) is 89.2 Å². The van der Waals surface area contributed by atoms with E-state index in [1.165, 1.54) is 70.6 Å². The second-order valence-electron chi connectivity index (χ2n) is 9.10. The fourth-order valence-electron chi connectivity index (χ4n) is 4.00. The summed E-state index contributed by atoms with van der Waals surface area (Å²) in [5.74, 6) is 0.543. The lowest BCUT2D eigenvalue weighted by atomic mass is 10.1. The first kappa shape index (κ1) is 28.2. The number of unbranched alkanes of at least 4 members (excludes halogenated alkanes) is 11. The lowest BCUT2D eigenvalue weighted by molar-refractivity contribution is -0.693. The standard InChI is InChI=1S/C29H43ClN2O2/c1-3-5-6-7-8-9-10-11-12-13-14-15-22-34-26-16-17-27(28(30)23-26)29(33)31-24-25-18-20-32(4-2)21-19-25/h16-21,23H,3-15,22,24H2,1-2H3/p+1. The Morgan fingerprint density at radius 2 is 1.44 bits per heavy atom. The zero-order valence-corrected chi connectivity index (χ0v) is 22.0. The Bertz CT molecular complexity index is 823. The summed E-state index contributed by atoms with van der Waals surface area (Å²) in [6.07, 6.45) is 19.9. The highest BCUT2D eigenvalue weighted by molar-refractivity contribution is 6.34. The first-order valence-corrected chi connectivity index (χ1v) is 13.7. The van der Waals surface area contributed by atoms with E-state index in [9.17, 15) is 4.79 Å². The molecule has 0 aliphatic carbocycles. The van der Waals surface area contributed by atoms with Crippen LogP contribution in [0.3, 0.4) is 0 Å². The number of rotatable bonds is 18. The predicted octanol–water partition coefficient (Wildman–Crippen LogP) is 7.66. The van der Waals surface area contributed by atoms with Crippen molar-refractivity contribution in [3.05, 3.63) is 58.9 Å². The highest BCUT2D eigenvalue weighted by Gasteiger charge is 2.11. The zero-order valence-electron chi connectivity index (χ0n) is 21.3. The number of nitrogens with one attached hydrogen (secondary N) is 1. The van der Waals surface area contributed by atoms with Gasteiger partial charge in [-0.25, -0.2) is 4.57 Å². The van der Waals surface area contributed by atoms with Crippen LogP contribution in [0, 0.1) is 0 Å². The van der Waals surface area contributed by atoms with Crippen LogP contribution in [0.2, 0.25) is 5.02 Å². The molecule has 0 aliphatic heterocycles. The van der Waals surface area contributed by atoms with Crippen molar-refractivity contribution in [2.24, 2.45) is 0 Å². The van der Waals surface area contributed by atoms with Crippen LogP contribution in [0.25, 0.3) is 0 Å². The first-order valence-electron chi connectivity index (χ1n) is 13.3. The molecule has 34 heavy (non-hydrogen) atoms. The van der Waals surface area contributed by atoms with E-state index in [-0.39, 0.29) is 5.91 Å². The van der Waals surface area contributed by atoms with Crippen molar-refractivity contribution in [3.8, 4) is 5.75 Å². The van der Waals surface area contributed by atoms with E-state index in [1.54, 1.807) is 12.1 Å². The summed E-state index contributed by atoms with van der Waals surface area (Å²) in [6.45, 7) is 6.44. The number of carbonyl (C=O) groups is 1. The molecule has 1 aromatic carbocycles. The SMILES string of the molecule is CCCCCCCCCCCCCCOc1ccc(C(=O)NCc2cc[n+](CC)cc2)c(Cl)c1. The molecular weight excluding hydrogens is 444 g/mol. The minimum absolute atomic E-state index is 0.176. The van der Waals surface area contributed by atoms with Crippen molar-refractivity contribution in [3.63, 3.8) is 0 Å². The number of hydrogen-bond donors (Lipinski definition) is 1. The molecule has 0 unspecified atom stereocenters. The Kier molecular flexibility index (Phi) is 14.4. The molecular formula is C29H44ClN2O2+. The van der Waals surface area contributed by atoms with Crippen LogP contribution in [-0.4, -0.2) is 12.5 Å². The van der Waals surface area contributed by atoms with Gasteiger partial charge in [-0.15, -0.1) is 0 Å². The maximum Gasteiger partial charge on any atom is 0.253 e. The largest absolute Gasteiger partial charge is 0.494 e. The number of aryl methyl sites for hydroxylation is 1. The predicted molar refractivity (Wildman–Crippen MR) is 142 cm³/mol. The summed E-state index contributed by atoms with van der Waals surface area (Å²) in [5, 5.41) is 3.35. The van der Waals surface area contributed by atoms with Gasteiger partial charge in [0.05, 0.1) is 17.2 Å². The van der Waals surface area contributed by atoms with E-state index in [1.807, 2.05) is 30.6 Å². The Hall–Kier alpha value is -2.07. The molecule has 0 aliphatic rings. The van der Waals surface area contributed by atoms with E-state index in [2.05, 4.69) is 23.7 Å². The van der Waals surface area contributed by atoms with Gasteiger partial charge in [-0.3, -0.25) is 4.79 Å². The smallest absolute Gasteiger partial charge is 0.253 e. The van der Waals surface area contributed by atoms with Gasteiger partial charge >= 0.3 is 0 Å². The van der Waals surface area contributed by atoms with Crippen molar-refractivity contribution in [1.82, 2.24) is 5.32 Å². The van der Waals surface area contributed by atoms with Crippen LogP contribution in [-0.2, 0) is 13.1 Å². The molecule has 0 saturated carbocycles. The molecule has 1 heterocycles. The molecule has 1 N–H and O–H groups in total. The van der Waals surface area contributed by atoms with Crippen molar-refractivity contribution >= 4 is 17.5 Å². The van der Waals surface area contributed by atoms with Gasteiger partial charge in [0.1, 0.15) is 12.3 Å². The third kappa shape index (κ3) is 11.4. The molecule has 0 atom stereocenters. The quantitative estimate of drug-likeness (QED) is 0.173. The van der Waals surface area contributed by atoms with Crippen LogP contribution in [0.4, 0.5) is 0 Å². The summed E-state index contributed by atoms with van der Waals surface area (Å²) in [6, 6.07) is 9.33. The average molecular weight is 488 g/mol. The van der Waals surface area contributed by atoms with E-state index in [4.69, 9.17) is 16.3 Å². The van der Waals surface area contributed by atoms with Gasteiger partial charge in [0.2, 0.25) is 0 Å². The van der Waals surface area contributed by atoms with Crippen LogP contribution >= 0.6 is 11.6 Å². The summed E-state index contributed by atoms with van der Waals surface area (Å²) in [4.78, 5) is 12.5. The Balaban J connectivity index is 1.57. The Morgan fingerprint density at radius 1 is 0.853 bits per heavy atom. The lowest BCUT2D eigenvalue weighted by Crippen LogP contribution is -2.31. The third-order valence-electron chi connectivity index (χ3n) is 6.23. The van der Waals surface area contributed by atoms with E-state index in [0.29, 0.717) is 23.7 Å². The maximum absolute atomic E-state index is 12.5. The lowest BCUT2D eigenvalue weighted by Gasteiger charge is -2.10. The molecule has 0 saturated heterocycles. The van der Waals surface area contributed by atoms with Crippen LogP contribution in [0.1, 0.15) is 107 Å². The number of pyridine rings is 1. The molecule has 0 bridgehead atoms. The summed E-state index contributed by atoms with van der Waals surface area (Å²) in [7, 11) is 0. The van der Waals surface area contributed by atoms with Crippen molar-refractivity contribution in [2.45, 2.75) is 104 Å². The third-order valence-corrected chi connectivity index (χ3v) is 6.54. The maximum atomic E-state index is 12.5. The monoisotopic (exact) mass is 487 g/mol. The molecule has 0 spiro atoms. The van der Waals surface area contributed by atoms with Crippen molar-refractivity contribution in [2.75, 3.05) is 6.61 Å². The molecule has 5 heteroatoms. The van der Waals surface area contributed by atoms with Gasteiger partial charge in [-0.2, -0.15) is 0 Å². The van der Waals surface area contributed by atoms with Crippen LogP contribution < -0.4 is 14.6 Å². The van der Waals surface area contributed by atoms with Gasteiger partial charge in [-0.05, 0) is 37.1 Å². The van der Waals surface area contributed by atoms with E-state index >= 15 is 0 Å². The highest BCUT2D eigenvalue weighted by atomic mass is 35.5. The number of halogens is 1. The van der Waals surface area contributed by atoms with Crippen LogP contribution in [0.15, 0.2) is 42.7 Å². The molecule has 1 amide bonds. The van der Waals surface area contributed by atoms with Gasteiger partial charge in [0.15, 0.2) is 12.4 Å².